The Balaban J connectivity index is 1.64. The molecular weight excluding hydrogens is 344 g/mol. The number of carbonyl (C=O) groups excluding carboxylic acids is 1. The summed E-state index contributed by atoms with van der Waals surface area (Å²) < 4.78 is 6.96. The maximum atomic E-state index is 11.0. The van der Waals surface area contributed by atoms with Gasteiger partial charge in [0, 0.05) is 42.6 Å². The predicted molar refractivity (Wildman–Crippen MR) is 92.3 cm³/mol. The Morgan fingerprint density at radius 2 is 2.14 bits per heavy atom. The maximum absolute atomic E-state index is 11.0. The second kappa shape index (κ2) is 8.53. The molecule has 4 nitrogen and oxygen atoms in total. The van der Waals surface area contributed by atoms with Crippen LogP contribution in [0.25, 0.3) is 0 Å². The summed E-state index contributed by atoms with van der Waals surface area (Å²) in [6.45, 7) is 7.56. The van der Waals surface area contributed by atoms with Crippen molar-refractivity contribution in [1.82, 2.24) is 10.2 Å². The molecule has 1 saturated heterocycles. The van der Waals surface area contributed by atoms with E-state index < -0.39 is 0 Å². The third-order valence-electron chi connectivity index (χ3n) is 4.09. The number of halogens is 1. The van der Waals surface area contributed by atoms with Crippen LogP contribution in [-0.2, 0) is 4.79 Å². The molecule has 1 aromatic carbocycles. The van der Waals surface area contributed by atoms with Crippen molar-refractivity contribution in [3.05, 3.63) is 28.2 Å². The van der Waals surface area contributed by atoms with E-state index in [9.17, 15) is 4.79 Å². The lowest BCUT2D eigenvalue weighted by Crippen LogP contribution is -2.44. The third kappa shape index (κ3) is 5.29. The second-order valence-corrected chi connectivity index (χ2v) is 6.74. The summed E-state index contributed by atoms with van der Waals surface area (Å²) in [6, 6.07) is 6.40. The van der Waals surface area contributed by atoms with E-state index in [0.29, 0.717) is 6.04 Å². The average molecular weight is 369 g/mol. The molecular formula is C17H25BrN2O2. The lowest BCUT2D eigenvalue weighted by molar-refractivity contribution is -0.119. The Hall–Kier alpha value is -1.07. The lowest BCUT2D eigenvalue weighted by Gasteiger charge is -2.32. The van der Waals surface area contributed by atoms with E-state index in [1.807, 2.05) is 18.2 Å². The summed E-state index contributed by atoms with van der Waals surface area (Å²) in [4.78, 5) is 13.5. The van der Waals surface area contributed by atoms with Crippen molar-refractivity contribution >= 4 is 21.8 Å². The Bertz CT molecular complexity index is 499. The van der Waals surface area contributed by atoms with Crippen molar-refractivity contribution in [2.24, 2.45) is 0 Å². The van der Waals surface area contributed by atoms with Gasteiger partial charge in [-0.2, -0.15) is 0 Å². The first-order valence-electron chi connectivity index (χ1n) is 7.93. The number of nitrogens with one attached hydrogen (secondary N) is 1. The molecule has 1 N–H and O–H groups in total. The number of rotatable bonds is 6. The van der Waals surface area contributed by atoms with Crippen molar-refractivity contribution in [3.8, 4) is 5.75 Å². The van der Waals surface area contributed by atoms with Crippen LogP contribution in [0.5, 0.6) is 5.75 Å². The number of nitrogens with zero attached hydrogens (tertiary/aromatic N) is 1. The summed E-state index contributed by atoms with van der Waals surface area (Å²) in [5, 5.41) is 3.01. The van der Waals surface area contributed by atoms with Gasteiger partial charge >= 0.3 is 0 Å². The van der Waals surface area contributed by atoms with Crippen LogP contribution < -0.4 is 10.1 Å². The summed E-state index contributed by atoms with van der Waals surface area (Å²) in [5.74, 6) is 1.04. The number of carbonyl (C=O) groups is 1. The molecule has 0 bridgehead atoms. The minimum absolute atomic E-state index is 0.0799. The molecule has 0 aromatic heterocycles. The molecule has 1 fully saturated rings. The highest BCUT2D eigenvalue weighted by Gasteiger charge is 2.19. The number of hydrogen-bond donors (Lipinski definition) is 1. The van der Waals surface area contributed by atoms with Gasteiger partial charge in [0.05, 0.1) is 6.61 Å². The van der Waals surface area contributed by atoms with Crippen LogP contribution in [0, 0.1) is 6.92 Å². The summed E-state index contributed by atoms with van der Waals surface area (Å²) >= 11 is 3.52. The van der Waals surface area contributed by atoms with Gasteiger partial charge in [-0.3, -0.25) is 4.79 Å². The monoisotopic (exact) mass is 368 g/mol. The van der Waals surface area contributed by atoms with Gasteiger partial charge in [0.1, 0.15) is 5.75 Å². The first kappa shape index (κ1) is 17.3. The van der Waals surface area contributed by atoms with E-state index in [1.165, 1.54) is 0 Å². The van der Waals surface area contributed by atoms with Gasteiger partial charge in [0.2, 0.25) is 5.91 Å². The maximum Gasteiger partial charge on any atom is 0.217 e. The van der Waals surface area contributed by atoms with E-state index in [-0.39, 0.29) is 5.91 Å². The van der Waals surface area contributed by atoms with Gasteiger partial charge in [0.15, 0.2) is 0 Å². The van der Waals surface area contributed by atoms with Crippen LogP contribution >= 0.6 is 15.9 Å². The van der Waals surface area contributed by atoms with Gasteiger partial charge < -0.3 is 15.0 Å². The topological polar surface area (TPSA) is 41.6 Å². The second-order valence-electron chi connectivity index (χ2n) is 5.88. The van der Waals surface area contributed by atoms with Crippen LogP contribution in [0.2, 0.25) is 0 Å². The van der Waals surface area contributed by atoms with E-state index in [2.05, 4.69) is 33.1 Å². The Morgan fingerprint density at radius 3 is 2.82 bits per heavy atom. The molecule has 0 atom stereocenters. The SMILES string of the molecule is CC(=O)NC1CCN(CCCOc2cccc(Br)c2C)CC1. The molecule has 22 heavy (non-hydrogen) atoms. The van der Waals surface area contributed by atoms with E-state index in [4.69, 9.17) is 4.74 Å². The fourth-order valence-electron chi connectivity index (χ4n) is 2.80. The van der Waals surface area contributed by atoms with Gasteiger partial charge in [-0.15, -0.1) is 0 Å². The standard InChI is InChI=1S/C17H25BrN2O2/c1-13-16(18)5-3-6-17(13)22-12-4-9-20-10-7-15(8-11-20)19-14(2)21/h3,5-6,15H,4,7-12H2,1-2H3,(H,19,21). The fourth-order valence-corrected chi connectivity index (χ4v) is 3.15. The third-order valence-corrected chi connectivity index (χ3v) is 4.95. The molecule has 0 unspecified atom stereocenters. The Morgan fingerprint density at radius 1 is 1.41 bits per heavy atom. The zero-order valence-electron chi connectivity index (χ0n) is 13.4. The van der Waals surface area contributed by atoms with E-state index in [0.717, 1.165) is 61.3 Å². The lowest BCUT2D eigenvalue weighted by atomic mass is 10.0. The van der Waals surface area contributed by atoms with Crippen molar-refractivity contribution in [2.75, 3.05) is 26.2 Å². The van der Waals surface area contributed by atoms with Crippen LogP contribution in [0.3, 0.4) is 0 Å². The molecule has 1 amide bonds. The van der Waals surface area contributed by atoms with Crippen molar-refractivity contribution < 1.29 is 9.53 Å². The highest BCUT2D eigenvalue weighted by molar-refractivity contribution is 9.10. The number of amides is 1. The largest absolute Gasteiger partial charge is 0.493 e. The molecule has 5 heteroatoms. The molecule has 0 saturated carbocycles. The quantitative estimate of drug-likeness (QED) is 0.784. The first-order chi connectivity index (χ1) is 10.6. The van der Waals surface area contributed by atoms with Crippen LogP contribution in [0.1, 0.15) is 31.7 Å². The zero-order valence-corrected chi connectivity index (χ0v) is 15.0. The van der Waals surface area contributed by atoms with Crippen molar-refractivity contribution in [3.63, 3.8) is 0 Å². The smallest absolute Gasteiger partial charge is 0.217 e. The highest BCUT2D eigenvalue weighted by atomic mass is 79.9. The highest BCUT2D eigenvalue weighted by Crippen LogP contribution is 2.25. The number of ether oxygens (including phenoxy) is 1. The fraction of sp³-hybridized carbons (Fsp3) is 0.588. The molecule has 1 aliphatic rings. The molecule has 1 aliphatic heterocycles. The van der Waals surface area contributed by atoms with Gasteiger partial charge in [-0.05, 0) is 38.3 Å². The molecule has 122 valence electrons. The van der Waals surface area contributed by atoms with Gasteiger partial charge in [0.25, 0.3) is 0 Å². The van der Waals surface area contributed by atoms with E-state index in [1.54, 1.807) is 6.92 Å². The van der Waals surface area contributed by atoms with Gasteiger partial charge in [-0.1, -0.05) is 22.0 Å². The van der Waals surface area contributed by atoms with Crippen molar-refractivity contribution in [1.29, 1.82) is 0 Å². The predicted octanol–water partition coefficient (Wildman–Crippen LogP) is 3.13. The Labute approximate surface area is 141 Å². The molecule has 1 aromatic rings. The average Bonchev–Trinajstić information content (AvgIpc) is 2.49. The summed E-state index contributed by atoms with van der Waals surface area (Å²) in [6.07, 6.45) is 3.12. The normalized spacial score (nSPS) is 16.5. The molecule has 2 rings (SSSR count). The molecule has 0 spiro atoms. The Kier molecular flexibility index (Phi) is 6.70. The summed E-state index contributed by atoms with van der Waals surface area (Å²) in [5.41, 5.74) is 1.15. The number of piperidine rings is 1. The van der Waals surface area contributed by atoms with Crippen LogP contribution in [0.4, 0.5) is 0 Å². The van der Waals surface area contributed by atoms with Crippen molar-refractivity contribution in [2.45, 2.75) is 39.2 Å². The minimum atomic E-state index is 0.0799. The first-order valence-corrected chi connectivity index (χ1v) is 8.73. The minimum Gasteiger partial charge on any atom is -0.493 e. The molecule has 0 radical (unpaired) electrons. The number of likely N-dealkylation sites (tertiary alicyclic amines) is 1. The summed E-state index contributed by atoms with van der Waals surface area (Å²) in [7, 11) is 0. The molecule has 1 heterocycles. The molecule has 0 aliphatic carbocycles. The zero-order chi connectivity index (χ0) is 15.9. The number of benzene rings is 1. The van der Waals surface area contributed by atoms with Crippen LogP contribution in [0.15, 0.2) is 22.7 Å². The number of hydrogen-bond acceptors (Lipinski definition) is 3. The van der Waals surface area contributed by atoms with E-state index >= 15 is 0 Å². The van der Waals surface area contributed by atoms with Crippen LogP contribution in [-0.4, -0.2) is 43.1 Å². The van der Waals surface area contributed by atoms with Gasteiger partial charge in [-0.25, -0.2) is 0 Å².